The predicted octanol–water partition coefficient (Wildman–Crippen LogP) is 4.51. The fourth-order valence-corrected chi connectivity index (χ4v) is 2.38. The van der Waals surface area contributed by atoms with Crippen LogP contribution in [0, 0.1) is 6.92 Å². The largest absolute Gasteiger partial charge is 0.416 e. The van der Waals surface area contributed by atoms with Gasteiger partial charge in [0.15, 0.2) is 0 Å². The number of benzene rings is 2. The van der Waals surface area contributed by atoms with Gasteiger partial charge in [-0.1, -0.05) is 17.3 Å². The number of nitrogens with zero attached hydrogens (tertiary/aromatic N) is 1. The predicted molar refractivity (Wildman–Crippen MR) is 95.0 cm³/mol. The van der Waals surface area contributed by atoms with Crippen LogP contribution in [0.15, 0.2) is 59.1 Å². The van der Waals surface area contributed by atoms with Crippen LogP contribution in [0.4, 0.5) is 24.7 Å². The first kappa shape index (κ1) is 19.2. The Hall–Kier alpha value is -3.62. The molecule has 28 heavy (non-hydrogen) atoms. The quantitative estimate of drug-likeness (QED) is 0.688. The highest BCUT2D eigenvalue weighted by atomic mass is 19.4. The second-order valence-corrected chi connectivity index (χ2v) is 5.90. The molecule has 2 aromatic carbocycles. The van der Waals surface area contributed by atoms with Gasteiger partial charge in [0, 0.05) is 22.9 Å². The van der Waals surface area contributed by atoms with Gasteiger partial charge in [0.2, 0.25) is 5.88 Å². The van der Waals surface area contributed by atoms with Crippen molar-refractivity contribution in [3.05, 3.63) is 77.0 Å². The smallest absolute Gasteiger partial charge is 0.338 e. The molecule has 6 nitrogen and oxygen atoms in total. The van der Waals surface area contributed by atoms with Crippen molar-refractivity contribution in [3.8, 4) is 0 Å². The third-order valence-corrected chi connectivity index (χ3v) is 3.70. The normalized spacial score (nSPS) is 11.1. The van der Waals surface area contributed by atoms with Crippen LogP contribution >= 0.6 is 0 Å². The van der Waals surface area contributed by atoms with Crippen LogP contribution in [0.1, 0.15) is 32.0 Å². The van der Waals surface area contributed by atoms with E-state index in [0.29, 0.717) is 5.69 Å². The van der Waals surface area contributed by atoms with Crippen molar-refractivity contribution in [1.82, 2.24) is 5.16 Å². The molecule has 0 unspecified atom stereocenters. The fraction of sp³-hybridized carbons (Fsp3) is 0.105. The van der Waals surface area contributed by atoms with Gasteiger partial charge in [0.1, 0.15) is 0 Å². The van der Waals surface area contributed by atoms with Gasteiger partial charge in [-0.25, -0.2) is 0 Å². The lowest BCUT2D eigenvalue weighted by Crippen LogP contribution is -2.16. The second kappa shape index (κ2) is 7.55. The van der Waals surface area contributed by atoms with Crippen molar-refractivity contribution in [1.29, 1.82) is 0 Å². The third kappa shape index (κ3) is 4.56. The minimum absolute atomic E-state index is 0.00758. The minimum atomic E-state index is -4.52. The molecule has 0 radical (unpaired) electrons. The summed E-state index contributed by atoms with van der Waals surface area (Å²) in [4.78, 5) is 24.6. The van der Waals surface area contributed by atoms with E-state index >= 15 is 0 Å². The number of halogens is 3. The first-order chi connectivity index (χ1) is 13.2. The van der Waals surface area contributed by atoms with Gasteiger partial charge in [-0.05, 0) is 43.3 Å². The SMILES string of the molecule is Cc1cc(NC(=O)c2cccc(C(=O)Nc3cccc(C(F)(F)F)c3)c2)on1. The molecule has 9 heteroatoms. The number of aryl methyl sites for hydroxylation is 1. The summed E-state index contributed by atoms with van der Waals surface area (Å²) >= 11 is 0. The van der Waals surface area contributed by atoms with Gasteiger partial charge in [0.25, 0.3) is 11.8 Å². The van der Waals surface area contributed by atoms with Crippen LogP contribution in [0.25, 0.3) is 0 Å². The second-order valence-electron chi connectivity index (χ2n) is 5.90. The monoisotopic (exact) mass is 389 g/mol. The summed E-state index contributed by atoms with van der Waals surface area (Å²) in [5.41, 5.74) is -0.0123. The third-order valence-electron chi connectivity index (χ3n) is 3.70. The highest BCUT2D eigenvalue weighted by molar-refractivity contribution is 6.08. The van der Waals surface area contributed by atoms with Crippen molar-refractivity contribution in [2.45, 2.75) is 13.1 Å². The number of amides is 2. The first-order valence-electron chi connectivity index (χ1n) is 8.06. The Morgan fingerprint density at radius 1 is 0.929 bits per heavy atom. The standard InChI is InChI=1S/C19H14F3N3O3/c1-11-8-16(28-25-11)24-18(27)13-5-2-4-12(9-13)17(26)23-15-7-3-6-14(10-15)19(20,21)22/h2-10H,1H3,(H,23,26)(H,24,27). The average molecular weight is 389 g/mol. The molecule has 0 aliphatic rings. The van der Waals surface area contributed by atoms with Crippen LogP contribution in [0.3, 0.4) is 0 Å². The first-order valence-corrected chi connectivity index (χ1v) is 8.06. The molecule has 0 aliphatic heterocycles. The van der Waals surface area contributed by atoms with Gasteiger partial charge >= 0.3 is 6.18 Å². The number of aromatic nitrogens is 1. The van der Waals surface area contributed by atoms with Crippen LogP contribution < -0.4 is 10.6 Å². The molecule has 3 aromatic rings. The summed E-state index contributed by atoms with van der Waals surface area (Å²) in [5, 5.41) is 8.53. The molecule has 0 saturated carbocycles. The highest BCUT2D eigenvalue weighted by Crippen LogP contribution is 2.30. The van der Waals surface area contributed by atoms with Gasteiger partial charge < -0.3 is 9.84 Å². The van der Waals surface area contributed by atoms with E-state index in [0.717, 1.165) is 12.1 Å². The van der Waals surface area contributed by atoms with E-state index in [2.05, 4.69) is 15.8 Å². The lowest BCUT2D eigenvalue weighted by atomic mass is 10.1. The van der Waals surface area contributed by atoms with E-state index in [1.165, 1.54) is 42.5 Å². The number of alkyl halides is 3. The van der Waals surface area contributed by atoms with Gasteiger partial charge in [-0.3, -0.25) is 14.9 Å². The zero-order valence-corrected chi connectivity index (χ0v) is 14.5. The van der Waals surface area contributed by atoms with E-state index in [-0.39, 0.29) is 22.7 Å². The zero-order valence-electron chi connectivity index (χ0n) is 14.5. The summed E-state index contributed by atoms with van der Waals surface area (Å²) < 4.78 is 43.2. The molecule has 3 rings (SSSR count). The number of nitrogens with one attached hydrogen (secondary N) is 2. The molecule has 1 aromatic heterocycles. The van der Waals surface area contributed by atoms with Crippen LogP contribution in [-0.4, -0.2) is 17.0 Å². The van der Waals surface area contributed by atoms with Crippen molar-refractivity contribution in [2.75, 3.05) is 10.6 Å². The summed E-state index contributed by atoms with van der Waals surface area (Å²) in [6, 6.07) is 11.5. The molecule has 2 N–H and O–H groups in total. The maximum absolute atomic E-state index is 12.8. The van der Waals surface area contributed by atoms with Gasteiger partial charge in [-0.15, -0.1) is 0 Å². The van der Waals surface area contributed by atoms with Crippen LogP contribution in [0.2, 0.25) is 0 Å². The Kier molecular flexibility index (Phi) is 5.16. The summed E-state index contributed by atoms with van der Waals surface area (Å²) in [7, 11) is 0. The Bertz CT molecular complexity index is 1030. The molecule has 0 fully saturated rings. The van der Waals surface area contributed by atoms with Gasteiger partial charge in [0.05, 0.1) is 11.3 Å². The van der Waals surface area contributed by atoms with Crippen molar-refractivity contribution >= 4 is 23.4 Å². The fourth-order valence-electron chi connectivity index (χ4n) is 2.38. The molecular formula is C19H14F3N3O3. The molecule has 2 amide bonds. The summed E-state index contributed by atoms with van der Waals surface area (Å²) in [6.45, 7) is 1.69. The molecule has 0 atom stereocenters. The zero-order chi connectivity index (χ0) is 20.3. The van der Waals surface area contributed by atoms with E-state index in [9.17, 15) is 22.8 Å². The molecule has 0 saturated heterocycles. The van der Waals surface area contributed by atoms with Crippen molar-refractivity contribution in [3.63, 3.8) is 0 Å². The average Bonchev–Trinajstić information content (AvgIpc) is 3.06. The Morgan fingerprint density at radius 3 is 2.18 bits per heavy atom. The van der Waals surface area contributed by atoms with E-state index in [1.807, 2.05) is 0 Å². The van der Waals surface area contributed by atoms with Crippen molar-refractivity contribution < 1.29 is 27.3 Å². The van der Waals surface area contributed by atoms with Crippen molar-refractivity contribution in [2.24, 2.45) is 0 Å². The number of anilines is 2. The lowest BCUT2D eigenvalue weighted by Gasteiger charge is -2.10. The summed E-state index contributed by atoms with van der Waals surface area (Å²) in [6.07, 6.45) is -4.52. The number of hydrogen-bond donors (Lipinski definition) is 2. The Balaban J connectivity index is 1.74. The topological polar surface area (TPSA) is 84.2 Å². The molecule has 0 bridgehead atoms. The van der Waals surface area contributed by atoms with E-state index < -0.39 is 23.6 Å². The lowest BCUT2D eigenvalue weighted by molar-refractivity contribution is -0.137. The van der Waals surface area contributed by atoms with Crippen LogP contribution in [0.5, 0.6) is 0 Å². The van der Waals surface area contributed by atoms with Gasteiger partial charge in [-0.2, -0.15) is 13.2 Å². The Labute approximate surface area is 157 Å². The maximum atomic E-state index is 12.8. The number of carbonyl (C=O) groups is 2. The van der Waals surface area contributed by atoms with E-state index in [1.54, 1.807) is 6.92 Å². The Morgan fingerprint density at radius 2 is 1.57 bits per heavy atom. The summed E-state index contributed by atoms with van der Waals surface area (Å²) in [5.74, 6) is -1.02. The molecule has 144 valence electrons. The molecule has 0 spiro atoms. The molecule has 0 aliphatic carbocycles. The number of hydrogen-bond acceptors (Lipinski definition) is 4. The highest BCUT2D eigenvalue weighted by Gasteiger charge is 2.30. The molecule has 1 heterocycles. The minimum Gasteiger partial charge on any atom is -0.338 e. The van der Waals surface area contributed by atoms with E-state index in [4.69, 9.17) is 4.52 Å². The van der Waals surface area contributed by atoms with Crippen LogP contribution in [-0.2, 0) is 6.18 Å². The maximum Gasteiger partial charge on any atom is 0.416 e. The number of rotatable bonds is 4. The molecular weight excluding hydrogens is 375 g/mol. The number of carbonyl (C=O) groups excluding carboxylic acids is 2.